The van der Waals surface area contributed by atoms with Crippen molar-refractivity contribution in [2.45, 2.75) is 26.3 Å². The molecule has 1 aromatic rings. The van der Waals surface area contributed by atoms with Gasteiger partial charge >= 0.3 is 0 Å². The normalized spacial score (nSPS) is 19.2. The van der Waals surface area contributed by atoms with E-state index in [2.05, 4.69) is 35.4 Å². The van der Waals surface area contributed by atoms with Gasteiger partial charge in [0, 0.05) is 31.4 Å². The first-order chi connectivity index (χ1) is 9.19. The van der Waals surface area contributed by atoms with E-state index in [0.29, 0.717) is 12.6 Å². The highest BCUT2D eigenvalue weighted by Crippen LogP contribution is 2.11. The number of hydrogen-bond donors (Lipinski definition) is 2. The summed E-state index contributed by atoms with van der Waals surface area (Å²) >= 11 is 0. The van der Waals surface area contributed by atoms with E-state index in [0.717, 1.165) is 31.7 Å². The van der Waals surface area contributed by atoms with Crippen LogP contribution in [0.15, 0.2) is 24.3 Å². The summed E-state index contributed by atoms with van der Waals surface area (Å²) in [7, 11) is 0. The van der Waals surface area contributed by atoms with Gasteiger partial charge in [-0.15, -0.1) is 12.4 Å². The maximum atomic E-state index is 12.1. The van der Waals surface area contributed by atoms with Crippen molar-refractivity contribution in [2.75, 3.05) is 31.5 Å². The van der Waals surface area contributed by atoms with Crippen LogP contribution in [0.3, 0.4) is 0 Å². The molecule has 0 aliphatic carbocycles. The van der Waals surface area contributed by atoms with Gasteiger partial charge in [0.15, 0.2) is 0 Å². The third-order valence-electron chi connectivity index (χ3n) is 3.60. The number of hydrogen-bond acceptors (Lipinski definition) is 3. The zero-order chi connectivity index (χ0) is 13.7. The number of anilines is 1. The lowest BCUT2D eigenvalue weighted by molar-refractivity contribution is -0.118. The zero-order valence-electron chi connectivity index (χ0n) is 12.2. The Bertz CT molecular complexity index is 439. The van der Waals surface area contributed by atoms with Gasteiger partial charge in [-0.05, 0) is 31.0 Å². The molecule has 1 fully saturated rings. The summed E-state index contributed by atoms with van der Waals surface area (Å²) in [5.74, 6) is 0.0713. The zero-order valence-corrected chi connectivity index (χ0v) is 13.0. The molecule has 1 heterocycles. The topological polar surface area (TPSA) is 44.4 Å². The predicted molar refractivity (Wildman–Crippen MR) is 85.6 cm³/mol. The van der Waals surface area contributed by atoms with Gasteiger partial charge in [-0.3, -0.25) is 9.69 Å². The number of nitrogens with zero attached hydrogens (tertiary/aromatic N) is 1. The van der Waals surface area contributed by atoms with E-state index in [1.165, 1.54) is 5.56 Å². The molecule has 1 aliphatic rings. The van der Waals surface area contributed by atoms with E-state index in [1.807, 2.05) is 18.2 Å². The van der Waals surface area contributed by atoms with Crippen LogP contribution in [-0.4, -0.2) is 43.0 Å². The van der Waals surface area contributed by atoms with Crippen LogP contribution in [-0.2, 0) is 11.2 Å². The molecule has 0 bridgehead atoms. The van der Waals surface area contributed by atoms with E-state index in [4.69, 9.17) is 0 Å². The van der Waals surface area contributed by atoms with Crippen LogP contribution in [0.2, 0.25) is 0 Å². The largest absolute Gasteiger partial charge is 0.325 e. The molecule has 1 aromatic carbocycles. The van der Waals surface area contributed by atoms with Crippen LogP contribution in [0.4, 0.5) is 5.69 Å². The summed E-state index contributed by atoms with van der Waals surface area (Å²) in [4.78, 5) is 14.3. The average molecular weight is 298 g/mol. The summed E-state index contributed by atoms with van der Waals surface area (Å²) in [6, 6.07) is 8.47. The third kappa shape index (κ3) is 4.78. The second-order valence-electron chi connectivity index (χ2n) is 5.13. The molecule has 1 aliphatic heterocycles. The number of rotatable bonds is 4. The fourth-order valence-electron chi connectivity index (χ4n) is 2.37. The first kappa shape index (κ1) is 17.0. The maximum Gasteiger partial charge on any atom is 0.238 e. The summed E-state index contributed by atoms with van der Waals surface area (Å²) in [5, 5.41) is 6.31. The van der Waals surface area contributed by atoms with Crippen LogP contribution < -0.4 is 10.6 Å². The SMILES string of the molecule is CCc1cccc(NC(=O)CN2CCNC[C@@H]2C)c1.Cl. The summed E-state index contributed by atoms with van der Waals surface area (Å²) in [5.41, 5.74) is 2.14. The van der Waals surface area contributed by atoms with Crippen molar-refractivity contribution < 1.29 is 4.79 Å². The fraction of sp³-hybridized carbons (Fsp3) is 0.533. The number of halogens is 1. The number of nitrogens with one attached hydrogen (secondary N) is 2. The first-order valence-corrected chi connectivity index (χ1v) is 7.02. The highest BCUT2D eigenvalue weighted by molar-refractivity contribution is 5.92. The highest BCUT2D eigenvalue weighted by atomic mass is 35.5. The number of amides is 1. The van der Waals surface area contributed by atoms with E-state index < -0.39 is 0 Å². The number of benzene rings is 1. The molecule has 4 nitrogen and oxygen atoms in total. The van der Waals surface area contributed by atoms with E-state index in [9.17, 15) is 4.79 Å². The molecule has 2 rings (SSSR count). The lowest BCUT2D eigenvalue weighted by Gasteiger charge is -2.33. The van der Waals surface area contributed by atoms with Crippen molar-refractivity contribution >= 4 is 24.0 Å². The van der Waals surface area contributed by atoms with Crippen LogP contribution in [0.25, 0.3) is 0 Å². The van der Waals surface area contributed by atoms with Gasteiger partial charge in [-0.25, -0.2) is 0 Å². The van der Waals surface area contributed by atoms with Crippen molar-refractivity contribution in [3.05, 3.63) is 29.8 Å². The number of aryl methyl sites for hydroxylation is 1. The van der Waals surface area contributed by atoms with E-state index >= 15 is 0 Å². The standard InChI is InChI=1S/C15H23N3O.ClH/c1-3-13-5-4-6-14(9-13)17-15(19)11-18-8-7-16-10-12(18)2;/h4-6,9,12,16H,3,7-8,10-11H2,1-2H3,(H,17,19);1H/t12-;/m0./s1. The molecular formula is C15H24ClN3O. The smallest absolute Gasteiger partial charge is 0.238 e. The van der Waals surface area contributed by atoms with E-state index in [-0.39, 0.29) is 18.3 Å². The Morgan fingerprint density at radius 3 is 3.00 bits per heavy atom. The van der Waals surface area contributed by atoms with Gasteiger partial charge in [0.05, 0.1) is 6.54 Å². The molecule has 0 unspecified atom stereocenters. The minimum Gasteiger partial charge on any atom is -0.325 e. The molecule has 1 saturated heterocycles. The second-order valence-corrected chi connectivity index (χ2v) is 5.13. The van der Waals surface area contributed by atoms with E-state index in [1.54, 1.807) is 0 Å². The Morgan fingerprint density at radius 2 is 2.30 bits per heavy atom. The third-order valence-corrected chi connectivity index (χ3v) is 3.60. The monoisotopic (exact) mass is 297 g/mol. The molecule has 2 N–H and O–H groups in total. The van der Waals surface area contributed by atoms with Crippen LogP contribution in [0.1, 0.15) is 19.4 Å². The van der Waals surface area contributed by atoms with Gasteiger partial charge in [0.1, 0.15) is 0 Å². The van der Waals surface area contributed by atoms with Crippen molar-refractivity contribution in [1.29, 1.82) is 0 Å². The minimum absolute atomic E-state index is 0. The van der Waals surface area contributed by atoms with Crippen molar-refractivity contribution in [3.63, 3.8) is 0 Å². The Balaban J connectivity index is 0.00000200. The van der Waals surface area contributed by atoms with Gasteiger partial charge < -0.3 is 10.6 Å². The molecule has 0 aromatic heterocycles. The van der Waals surface area contributed by atoms with Crippen molar-refractivity contribution in [1.82, 2.24) is 10.2 Å². The molecule has 1 atom stereocenters. The molecule has 1 amide bonds. The number of carbonyl (C=O) groups is 1. The fourth-order valence-corrected chi connectivity index (χ4v) is 2.37. The molecular weight excluding hydrogens is 274 g/mol. The summed E-state index contributed by atoms with van der Waals surface area (Å²) in [6.07, 6.45) is 0.985. The summed E-state index contributed by atoms with van der Waals surface area (Å²) in [6.45, 7) is 7.59. The Kier molecular flexibility index (Phi) is 6.99. The lowest BCUT2D eigenvalue weighted by Crippen LogP contribution is -2.51. The number of carbonyl (C=O) groups excluding carboxylic acids is 1. The summed E-state index contributed by atoms with van der Waals surface area (Å²) < 4.78 is 0. The van der Waals surface area contributed by atoms with Crippen LogP contribution >= 0.6 is 12.4 Å². The maximum absolute atomic E-state index is 12.1. The second kappa shape index (κ2) is 8.25. The van der Waals surface area contributed by atoms with Crippen LogP contribution in [0.5, 0.6) is 0 Å². The van der Waals surface area contributed by atoms with Gasteiger partial charge in [0.2, 0.25) is 5.91 Å². The Hall–Kier alpha value is -1.10. The first-order valence-electron chi connectivity index (χ1n) is 7.02. The minimum atomic E-state index is 0. The predicted octanol–water partition coefficient (Wildman–Crippen LogP) is 1.90. The van der Waals surface area contributed by atoms with Crippen molar-refractivity contribution in [3.8, 4) is 0 Å². The van der Waals surface area contributed by atoms with Crippen molar-refractivity contribution in [2.24, 2.45) is 0 Å². The average Bonchev–Trinajstić information content (AvgIpc) is 2.41. The Morgan fingerprint density at radius 1 is 1.50 bits per heavy atom. The quantitative estimate of drug-likeness (QED) is 0.892. The molecule has 112 valence electrons. The van der Waals surface area contributed by atoms with Gasteiger partial charge in [-0.1, -0.05) is 19.1 Å². The van der Waals surface area contributed by atoms with Crippen LogP contribution in [0, 0.1) is 0 Å². The lowest BCUT2D eigenvalue weighted by atomic mass is 10.1. The van der Waals surface area contributed by atoms with Gasteiger partial charge in [0.25, 0.3) is 0 Å². The molecule has 20 heavy (non-hydrogen) atoms. The molecule has 0 radical (unpaired) electrons. The van der Waals surface area contributed by atoms with Gasteiger partial charge in [-0.2, -0.15) is 0 Å². The molecule has 0 saturated carbocycles. The molecule has 5 heteroatoms. The highest BCUT2D eigenvalue weighted by Gasteiger charge is 2.20. The Labute approximate surface area is 127 Å². The molecule has 0 spiro atoms. The number of piperazine rings is 1.